The Kier molecular flexibility index (Phi) is 16.7. The van der Waals surface area contributed by atoms with Gasteiger partial charge in [0.1, 0.15) is 24.0 Å². The Labute approximate surface area is 266 Å². The summed E-state index contributed by atoms with van der Waals surface area (Å²) in [6.07, 6.45) is 1.32. The highest BCUT2D eigenvalue weighted by Crippen LogP contribution is 2.10. The number of amidine groups is 2. The lowest BCUT2D eigenvalue weighted by molar-refractivity contribution is 0.109. The van der Waals surface area contributed by atoms with Gasteiger partial charge in [-0.25, -0.2) is 0 Å². The molecule has 0 heterocycles. The van der Waals surface area contributed by atoms with Crippen LogP contribution in [0.15, 0.2) is 53.4 Å². The van der Waals surface area contributed by atoms with Gasteiger partial charge in [-0.3, -0.25) is 10.8 Å². The lowest BCUT2D eigenvalue weighted by Gasteiger charge is -2.36. The SMILES string of the molecule is CB(O)NC(=N)c1ccc(COCCN(B(C)O)/C(=N/BC=O)N(CCOCc2ccc(C(=N)NBC=O)cc2)B(C)O)cc1. The molecule has 0 amide bonds. The maximum atomic E-state index is 11.2. The van der Waals surface area contributed by atoms with Crippen LogP contribution in [0.25, 0.3) is 0 Å². The van der Waals surface area contributed by atoms with Gasteiger partial charge in [0.25, 0.3) is 0 Å². The Morgan fingerprint density at radius 1 is 0.822 bits per heavy atom. The van der Waals surface area contributed by atoms with Crippen molar-refractivity contribution in [3.05, 3.63) is 70.8 Å². The first-order valence-corrected chi connectivity index (χ1v) is 14.6. The second-order valence-corrected chi connectivity index (χ2v) is 10.1. The molecule has 0 aromatic heterocycles. The molecule has 0 fully saturated rings. The first kappa shape index (κ1) is 37.3. The van der Waals surface area contributed by atoms with E-state index in [0.717, 1.165) is 11.1 Å². The van der Waals surface area contributed by atoms with E-state index in [0.29, 0.717) is 23.5 Å². The van der Waals surface area contributed by atoms with Crippen LogP contribution in [0.3, 0.4) is 0 Å². The monoisotopic (exact) mass is 617 g/mol. The average Bonchev–Trinajstić information content (AvgIpc) is 3.01. The Hall–Kier alpha value is -3.89. The quantitative estimate of drug-likeness (QED) is 0.0322. The van der Waals surface area contributed by atoms with Crippen LogP contribution >= 0.6 is 0 Å². The zero-order valence-corrected chi connectivity index (χ0v) is 26.0. The molecule has 2 aromatic rings. The van der Waals surface area contributed by atoms with Crippen LogP contribution in [0.4, 0.5) is 0 Å². The molecule has 0 saturated heterocycles. The van der Waals surface area contributed by atoms with Gasteiger partial charge in [-0.1, -0.05) is 48.5 Å². The van der Waals surface area contributed by atoms with Gasteiger partial charge in [0.05, 0.1) is 26.4 Å². The van der Waals surface area contributed by atoms with Gasteiger partial charge in [0, 0.05) is 24.2 Å². The third-order valence-electron chi connectivity index (χ3n) is 6.41. The molecule has 0 aliphatic carbocycles. The third kappa shape index (κ3) is 13.3. The van der Waals surface area contributed by atoms with Gasteiger partial charge >= 0.3 is 36.0 Å². The minimum atomic E-state index is -1.01. The number of nitrogens with zero attached hydrogens (tertiary/aromatic N) is 3. The molecule has 0 atom stereocenters. The van der Waals surface area contributed by atoms with Crippen LogP contribution in [-0.2, 0) is 32.3 Å². The zero-order valence-electron chi connectivity index (χ0n) is 26.0. The number of ether oxygens (including phenoxy) is 2. The summed E-state index contributed by atoms with van der Waals surface area (Å²) in [5.74, 6) is 0.479. The summed E-state index contributed by atoms with van der Waals surface area (Å²) in [5.41, 5.74) is 3.00. The zero-order chi connectivity index (χ0) is 33.2. The third-order valence-corrected chi connectivity index (χ3v) is 6.41. The summed E-state index contributed by atoms with van der Waals surface area (Å²) in [4.78, 5) is 29.1. The second kappa shape index (κ2) is 20.2. The van der Waals surface area contributed by atoms with Crippen molar-refractivity contribution >= 4 is 66.0 Å². The number of carbonyl (C=O) groups is 2. The van der Waals surface area contributed by atoms with E-state index in [1.165, 1.54) is 16.4 Å². The lowest BCUT2D eigenvalue weighted by Crippen LogP contribution is -2.56. The predicted octanol–water partition coefficient (Wildman–Crippen LogP) is -1.38. The maximum absolute atomic E-state index is 11.2. The van der Waals surface area contributed by atoms with Crippen LogP contribution in [0.2, 0.25) is 20.5 Å². The largest absolute Gasteiger partial charge is 0.433 e. The molecule has 0 spiro atoms. The van der Waals surface area contributed by atoms with Crippen molar-refractivity contribution in [1.82, 2.24) is 20.1 Å². The second-order valence-electron chi connectivity index (χ2n) is 10.1. The number of benzene rings is 2. The Bertz CT molecular complexity index is 1260. The fraction of sp³-hybridized carbons (Fsp3) is 0.346. The number of guanidine groups is 1. The van der Waals surface area contributed by atoms with Crippen LogP contribution in [-0.4, -0.2) is 117 Å². The van der Waals surface area contributed by atoms with Crippen molar-refractivity contribution in [3.63, 3.8) is 0 Å². The van der Waals surface area contributed by atoms with Gasteiger partial charge < -0.3 is 59.1 Å². The molecule has 0 aliphatic heterocycles. The van der Waals surface area contributed by atoms with Crippen LogP contribution < -0.4 is 10.5 Å². The van der Waals surface area contributed by atoms with Crippen LogP contribution in [0.1, 0.15) is 22.3 Å². The molecular weight excluding hydrogens is 576 g/mol. The fourth-order valence-electron chi connectivity index (χ4n) is 4.15. The highest BCUT2D eigenvalue weighted by Gasteiger charge is 2.29. The highest BCUT2D eigenvalue weighted by atomic mass is 16.5. The summed E-state index contributed by atoms with van der Waals surface area (Å²) in [7, 11) is -2.96. The smallest absolute Gasteiger partial charge is 0.411 e. The Balaban J connectivity index is 1.96. The summed E-state index contributed by atoms with van der Waals surface area (Å²) < 4.78 is 11.6. The van der Waals surface area contributed by atoms with Crippen molar-refractivity contribution in [2.75, 3.05) is 26.3 Å². The van der Waals surface area contributed by atoms with Crippen LogP contribution in [0.5, 0.6) is 0 Å². The summed E-state index contributed by atoms with van der Waals surface area (Å²) in [6.45, 7) is 6.02. The van der Waals surface area contributed by atoms with E-state index < -0.39 is 21.2 Å². The number of rotatable bonds is 19. The summed E-state index contributed by atoms with van der Waals surface area (Å²) in [6, 6.07) is 14.3. The summed E-state index contributed by atoms with van der Waals surface area (Å²) >= 11 is 0. The molecule has 2 rings (SSSR count). The molecular formula is C26H40B5N7O7. The van der Waals surface area contributed by atoms with Gasteiger partial charge in [-0.15, -0.1) is 0 Å². The minimum absolute atomic E-state index is 0.0636. The molecule has 19 heteroatoms. The Morgan fingerprint density at radius 2 is 1.29 bits per heavy atom. The average molecular weight is 617 g/mol. The number of carbonyl (C=O) groups excluding carboxylic acids is 2. The molecule has 45 heavy (non-hydrogen) atoms. The molecule has 0 saturated carbocycles. The molecule has 2 aromatic carbocycles. The molecule has 0 aliphatic rings. The Morgan fingerprint density at radius 3 is 1.69 bits per heavy atom. The molecule has 0 radical (unpaired) electrons. The molecule has 14 nitrogen and oxygen atoms in total. The van der Waals surface area contributed by atoms with E-state index in [4.69, 9.17) is 20.3 Å². The van der Waals surface area contributed by atoms with Crippen molar-refractivity contribution in [1.29, 1.82) is 10.8 Å². The topological polar surface area (TPSA) is 204 Å². The first-order valence-electron chi connectivity index (χ1n) is 14.6. The fourth-order valence-corrected chi connectivity index (χ4v) is 4.15. The molecule has 236 valence electrons. The van der Waals surface area contributed by atoms with Gasteiger partial charge in [-0.05, 0) is 31.6 Å². The van der Waals surface area contributed by atoms with Gasteiger partial charge in [-0.2, -0.15) is 0 Å². The van der Waals surface area contributed by atoms with E-state index in [2.05, 4.69) is 15.4 Å². The number of nitrogens with one attached hydrogen (secondary N) is 4. The molecule has 7 N–H and O–H groups in total. The standard InChI is InChI=1S/C26H40B5N7O7/c1-29(41)36-25(33)23-10-6-21(7-11-23)17-45-15-13-38(31(3)43)26(35-28-19-40)37(30(2)42)12-14-44-16-20-4-8-22(9-5-20)24(32)34-27-18-39/h4-11,18-19,27-28,41-43H,12-17H2,1-3H3,(H2,32,34)(H2,33,36)/b35-26+. The first-order chi connectivity index (χ1) is 21.6. The van der Waals surface area contributed by atoms with E-state index >= 15 is 0 Å². The van der Waals surface area contributed by atoms with E-state index in [1.54, 1.807) is 37.9 Å². The van der Waals surface area contributed by atoms with Crippen molar-refractivity contribution in [2.24, 2.45) is 4.90 Å². The summed E-state index contributed by atoms with van der Waals surface area (Å²) in [5, 5.41) is 51.8. The predicted molar refractivity (Wildman–Crippen MR) is 182 cm³/mol. The lowest BCUT2D eigenvalue weighted by atomic mass is 9.81. The van der Waals surface area contributed by atoms with E-state index in [9.17, 15) is 24.7 Å². The van der Waals surface area contributed by atoms with Gasteiger partial charge in [0.2, 0.25) is 0 Å². The van der Waals surface area contributed by atoms with Crippen molar-refractivity contribution < 1.29 is 34.1 Å². The van der Waals surface area contributed by atoms with E-state index in [1.807, 2.05) is 24.3 Å². The number of hydrogen-bond acceptors (Lipinski definition) is 10. The molecule has 0 unspecified atom stereocenters. The van der Waals surface area contributed by atoms with Crippen molar-refractivity contribution in [2.45, 2.75) is 33.7 Å². The minimum Gasteiger partial charge on any atom is -0.433 e. The van der Waals surface area contributed by atoms with E-state index in [-0.39, 0.29) is 72.0 Å². The van der Waals surface area contributed by atoms with Gasteiger partial charge in [0.15, 0.2) is 5.96 Å². The highest BCUT2D eigenvalue weighted by molar-refractivity contribution is 6.67. The maximum Gasteiger partial charge on any atom is 0.411 e. The van der Waals surface area contributed by atoms with Crippen LogP contribution in [0, 0.1) is 10.8 Å². The molecule has 0 bridgehead atoms. The number of hydrogen-bond donors (Lipinski definition) is 7. The van der Waals surface area contributed by atoms with Crippen molar-refractivity contribution in [3.8, 4) is 0 Å². The normalized spacial score (nSPS) is 10.8.